The summed E-state index contributed by atoms with van der Waals surface area (Å²) in [5, 5.41) is 3.52. The van der Waals surface area contributed by atoms with Crippen LogP contribution in [0.4, 0.5) is 5.69 Å². The summed E-state index contributed by atoms with van der Waals surface area (Å²) < 4.78 is 0. The summed E-state index contributed by atoms with van der Waals surface area (Å²) in [4.78, 5) is 2.76. The van der Waals surface area contributed by atoms with Crippen molar-refractivity contribution in [1.82, 2.24) is 4.90 Å². The summed E-state index contributed by atoms with van der Waals surface area (Å²) >= 11 is 0. The highest BCUT2D eigenvalue weighted by molar-refractivity contribution is 5.46. The molecule has 2 aliphatic rings. The molecule has 1 N–H and O–H groups in total. The number of piperidine rings is 1. The van der Waals surface area contributed by atoms with Crippen LogP contribution in [0.1, 0.15) is 49.3 Å². The Labute approximate surface area is 139 Å². The van der Waals surface area contributed by atoms with Crippen LogP contribution in [0.5, 0.6) is 0 Å². The van der Waals surface area contributed by atoms with E-state index in [0.29, 0.717) is 6.04 Å². The molecule has 0 bridgehead atoms. The van der Waals surface area contributed by atoms with E-state index in [9.17, 15) is 0 Å². The first-order valence-electron chi connectivity index (χ1n) is 9.04. The fourth-order valence-electron chi connectivity index (χ4n) is 4.24. The molecular weight excluding hydrogens is 280 g/mol. The molecule has 120 valence electrons. The van der Waals surface area contributed by atoms with E-state index < -0.39 is 0 Å². The van der Waals surface area contributed by atoms with Crippen molar-refractivity contribution in [3.63, 3.8) is 0 Å². The lowest BCUT2D eigenvalue weighted by Crippen LogP contribution is -2.35. The van der Waals surface area contributed by atoms with E-state index in [2.05, 4.69) is 64.8 Å². The minimum Gasteiger partial charge on any atom is -0.381 e. The number of anilines is 1. The van der Waals surface area contributed by atoms with Crippen molar-refractivity contribution < 1.29 is 0 Å². The Kier molecular flexibility index (Phi) is 4.34. The van der Waals surface area contributed by atoms with E-state index in [1.54, 1.807) is 0 Å². The van der Waals surface area contributed by atoms with Crippen molar-refractivity contribution in [2.75, 3.05) is 11.9 Å². The normalized spacial score (nSPS) is 24.3. The molecule has 2 saturated heterocycles. The van der Waals surface area contributed by atoms with E-state index in [1.165, 1.54) is 55.5 Å². The molecule has 0 radical (unpaired) electrons. The Balaban J connectivity index is 1.40. The number of benzene rings is 2. The monoisotopic (exact) mass is 306 g/mol. The minimum absolute atomic E-state index is 0.656. The molecule has 2 heteroatoms. The molecular formula is C21H26N2. The number of hydrogen-bond acceptors (Lipinski definition) is 2. The molecule has 0 amide bonds. The Morgan fingerprint density at radius 1 is 0.870 bits per heavy atom. The van der Waals surface area contributed by atoms with Crippen molar-refractivity contribution in [2.45, 2.75) is 50.7 Å². The third-order valence-corrected chi connectivity index (χ3v) is 5.48. The topological polar surface area (TPSA) is 15.3 Å². The van der Waals surface area contributed by atoms with Crippen molar-refractivity contribution in [3.8, 4) is 0 Å². The molecule has 2 fully saturated rings. The van der Waals surface area contributed by atoms with Gasteiger partial charge in [0, 0.05) is 24.3 Å². The standard InChI is InChI=1S/C21H26N2/c1-2-6-17(7-3-1)16-22-19-11-9-18(10-12-19)21-14-13-20-8-4-5-15-23(20)21/h1-3,6-7,9-12,20-22H,4-5,8,13-16H2/t20-,21-/m1/s1. The molecule has 2 heterocycles. The Morgan fingerprint density at radius 2 is 1.70 bits per heavy atom. The van der Waals surface area contributed by atoms with Crippen molar-refractivity contribution >= 4 is 5.69 Å². The van der Waals surface area contributed by atoms with Gasteiger partial charge in [-0.2, -0.15) is 0 Å². The maximum Gasteiger partial charge on any atom is 0.0400 e. The van der Waals surface area contributed by atoms with Gasteiger partial charge in [0.05, 0.1) is 0 Å². The van der Waals surface area contributed by atoms with Crippen LogP contribution in [-0.4, -0.2) is 17.5 Å². The van der Waals surface area contributed by atoms with Gasteiger partial charge in [-0.25, -0.2) is 0 Å². The van der Waals surface area contributed by atoms with Gasteiger partial charge >= 0.3 is 0 Å². The summed E-state index contributed by atoms with van der Waals surface area (Å²) in [7, 11) is 0. The van der Waals surface area contributed by atoms with Gasteiger partial charge in [-0.1, -0.05) is 48.9 Å². The molecule has 0 aliphatic carbocycles. The Bertz CT molecular complexity index is 620. The maximum absolute atomic E-state index is 3.52. The molecule has 2 atom stereocenters. The second-order valence-electron chi connectivity index (χ2n) is 6.94. The van der Waals surface area contributed by atoms with Gasteiger partial charge < -0.3 is 5.32 Å². The average molecular weight is 306 g/mol. The van der Waals surface area contributed by atoms with Gasteiger partial charge in [0.2, 0.25) is 0 Å². The van der Waals surface area contributed by atoms with Crippen LogP contribution in [0.25, 0.3) is 0 Å². The molecule has 0 saturated carbocycles. The molecule has 0 spiro atoms. The van der Waals surface area contributed by atoms with Crippen LogP contribution < -0.4 is 5.32 Å². The van der Waals surface area contributed by atoms with E-state index in [0.717, 1.165) is 12.6 Å². The van der Waals surface area contributed by atoms with Crippen LogP contribution in [0, 0.1) is 0 Å². The van der Waals surface area contributed by atoms with Gasteiger partial charge in [-0.15, -0.1) is 0 Å². The Hall–Kier alpha value is -1.80. The number of nitrogens with zero attached hydrogens (tertiary/aromatic N) is 1. The van der Waals surface area contributed by atoms with Crippen LogP contribution >= 0.6 is 0 Å². The Morgan fingerprint density at radius 3 is 2.52 bits per heavy atom. The van der Waals surface area contributed by atoms with Crippen LogP contribution in [0.3, 0.4) is 0 Å². The quantitative estimate of drug-likeness (QED) is 0.856. The molecule has 2 aromatic rings. The van der Waals surface area contributed by atoms with Crippen LogP contribution in [0.15, 0.2) is 54.6 Å². The van der Waals surface area contributed by atoms with E-state index in [1.807, 2.05) is 0 Å². The van der Waals surface area contributed by atoms with Crippen molar-refractivity contribution in [3.05, 3.63) is 65.7 Å². The highest BCUT2D eigenvalue weighted by Gasteiger charge is 2.35. The van der Waals surface area contributed by atoms with E-state index in [4.69, 9.17) is 0 Å². The number of hydrogen-bond donors (Lipinski definition) is 1. The summed E-state index contributed by atoms with van der Waals surface area (Å²) in [5.74, 6) is 0. The lowest BCUT2D eigenvalue weighted by molar-refractivity contribution is 0.150. The summed E-state index contributed by atoms with van der Waals surface area (Å²) in [6.07, 6.45) is 6.94. The smallest absolute Gasteiger partial charge is 0.0400 e. The second-order valence-corrected chi connectivity index (χ2v) is 6.94. The molecule has 0 unspecified atom stereocenters. The SMILES string of the molecule is c1ccc(CNc2ccc([C@H]3CC[C@H]4CCCCN43)cc2)cc1. The van der Waals surface area contributed by atoms with Crippen LogP contribution in [-0.2, 0) is 6.54 Å². The molecule has 23 heavy (non-hydrogen) atoms. The summed E-state index contributed by atoms with van der Waals surface area (Å²) in [5.41, 5.74) is 4.04. The first kappa shape index (κ1) is 14.8. The predicted molar refractivity (Wildman–Crippen MR) is 96.5 cm³/mol. The zero-order valence-electron chi connectivity index (χ0n) is 13.7. The highest BCUT2D eigenvalue weighted by Crippen LogP contribution is 2.40. The average Bonchev–Trinajstić information content (AvgIpc) is 3.05. The zero-order chi connectivity index (χ0) is 15.5. The first-order chi connectivity index (χ1) is 11.4. The molecule has 2 nitrogen and oxygen atoms in total. The minimum atomic E-state index is 0.656. The zero-order valence-corrected chi connectivity index (χ0v) is 13.7. The van der Waals surface area contributed by atoms with Gasteiger partial charge in [-0.3, -0.25) is 4.90 Å². The van der Waals surface area contributed by atoms with Crippen molar-refractivity contribution in [1.29, 1.82) is 0 Å². The third kappa shape index (κ3) is 3.28. The molecule has 4 rings (SSSR count). The fraction of sp³-hybridized carbons (Fsp3) is 0.429. The van der Waals surface area contributed by atoms with Gasteiger partial charge in [-0.05, 0) is 55.5 Å². The van der Waals surface area contributed by atoms with E-state index in [-0.39, 0.29) is 0 Å². The first-order valence-corrected chi connectivity index (χ1v) is 9.04. The second kappa shape index (κ2) is 6.76. The van der Waals surface area contributed by atoms with E-state index >= 15 is 0 Å². The lowest BCUT2D eigenvalue weighted by atomic mass is 10.0. The summed E-state index contributed by atoms with van der Waals surface area (Å²) in [6.45, 7) is 2.18. The highest BCUT2D eigenvalue weighted by atomic mass is 15.2. The van der Waals surface area contributed by atoms with Gasteiger partial charge in [0.25, 0.3) is 0 Å². The largest absolute Gasteiger partial charge is 0.381 e. The lowest BCUT2D eigenvalue weighted by Gasteiger charge is -2.34. The molecule has 0 aromatic heterocycles. The number of fused-ring (bicyclic) bond motifs is 1. The predicted octanol–water partition coefficient (Wildman–Crippen LogP) is 4.99. The van der Waals surface area contributed by atoms with Gasteiger partial charge in [0.1, 0.15) is 0 Å². The number of nitrogens with one attached hydrogen (secondary N) is 1. The molecule has 2 aliphatic heterocycles. The third-order valence-electron chi connectivity index (χ3n) is 5.48. The fourth-order valence-corrected chi connectivity index (χ4v) is 4.24. The van der Waals surface area contributed by atoms with Gasteiger partial charge in [0.15, 0.2) is 0 Å². The molecule has 2 aromatic carbocycles. The van der Waals surface area contributed by atoms with Crippen molar-refractivity contribution in [2.24, 2.45) is 0 Å². The maximum atomic E-state index is 3.52. The van der Waals surface area contributed by atoms with Crippen LogP contribution in [0.2, 0.25) is 0 Å². The number of rotatable bonds is 4. The summed E-state index contributed by atoms with van der Waals surface area (Å²) in [6, 6.07) is 21.2.